The van der Waals surface area contributed by atoms with Crippen molar-refractivity contribution in [3.05, 3.63) is 35.9 Å². The Bertz CT molecular complexity index is 457. The molecule has 0 aromatic heterocycles. The van der Waals surface area contributed by atoms with Crippen molar-refractivity contribution in [3.63, 3.8) is 0 Å². The summed E-state index contributed by atoms with van der Waals surface area (Å²) >= 11 is 0. The molecular formula is C16H20O4. The molecule has 108 valence electrons. The van der Waals surface area contributed by atoms with Gasteiger partial charge >= 0.3 is 5.97 Å². The van der Waals surface area contributed by atoms with Crippen LogP contribution in [0.2, 0.25) is 0 Å². The highest BCUT2D eigenvalue weighted by atomic mass is 16.5. The molecule has 1 fully saturated rings. The summed E-state index contributed by atoms with van der Waals surface area (Å²) in [6.45, 7) is 0.412. The van der Waals surface area contributed by atoms with Crippen LogP contribution in [-0.2, 0) is 20.7 Å². The van der Waals surface area contributed by atoms with Crippen molar-refractivity contribution in [1.82, 2.24) is 0 Å². The second-order valence-electron chi connectivity index (χ2n) is 5.28. The van der Waals surface area contributed by atoms with Gasteiger partial charge in [0, 0.05) is 19.4 Å². The molecule has 1 saturated carbocycles. The van der Waals surface area contributed by atoms with Crippen LogP contribution in [0.4, 0.5) is 0 Å². The van der Waals surface area contributed by atoms with Gasteiger partial charge in [-0.05, 0) is 31.2 Å². The number of benzene rings is 1. The molecule has 1 aliphatic rings. The number of aliphatic carboxylic acids is 1. The molecular weight excluding hydrogens is 256 g/mol. The van der Waals surface area contributed by atoms with Gasteiger partial charge in [-0.1, -0.05) is 30.3 Å². The fourth-order valence-corrected chi connectivity index (χ4v) is 2.54. The van der Waals surface area contributed by atoms with Crippen LogP contribution in [0.5, 0.6) is 0 Å². The maximum absolute atomic E-state index is 11.4. The molecule has 0 bridgehead atoms. The second-order valence-corrected chi connectivity index (χ2v) is 5.28. The molecule has 0 amide bonds. The third-order valence-electron chi connectivity index (χ3n) is 3.84. The molecule has 0 spiro atoms. The first-order valence-electron chi connectivity index (χ1n) is 7.05. The van der Waals surface area contributed by atoms with Crippen molar-refractivity contribution in [2.24, 2.45) is 0 Å². The van der Waals surface area contributed by atoms with E-state index in [1.165, 1.54) is 5.56 Å². The summed E-state index contributed by atoms with van der Waals surface area (Å²) in [5.41, 5.74) is 0.0734. The summed E-state index contributed by atoms with van der Waals surface area (Å²) in [4.78, 5) is 22.7. The molecule has 0 aliphatic heterocycles. The minimum atomic E-state index is -1.15. The number of carboxylic acids is 1. The van der Waals surface area contributed by atoms with Crippen LogP contribution in [-0.4, -0.2) is 29.1 Å². The highest BCUT2D eigenvalue weighted by Gasteiger charge is 2.42. The van der Waals surface area contributed by atoms with Crippen LogP contribution in [0.15, 0.2) is 30.3 Å². The van der Waals surface area contributed by atoms with E-state index in [4.69, 9.17) is 4.74 Å². The largest absolute Gasteiger partial charge is 0.479 e. The minimum absolute atomic E-state index is 0.134. The third kappa shape index (κ3) is 3.67. The van der Waals surface area contributed by atoms with E-state index < -0.39 is 11.6 Å². The summed E-state index contributed by atoms with van der Waals surface area (Å²) in [6, 6.07) is 10.0. The Balaban J connectivity index is 1.81. The minimum Gasteiger partial charge on any atom is -0.479 e. The summed E-state index contributed by atoms with van der Waals surface area (Å²) in [5.74, 6) is -0.806. The predicted molar refractivity (Wildman–Crippen MR) is 74.6 cm³/mol. The average Bonchev–Trinajstić information content (AvgIpc) is 2.47. The predicted octanol–water partition coefficient (Wildman–Crippen LogP) is 2.60. The number of rotatable bonds is 6. The van der Waals surface area contributed by atoms with Gasteiger partial charge < -0.3 is 9.84 Å². The van der Waals surface area contributed by atoms with E-state index >= 15 is 0 Å². The Hall–Kier alpha value is -1.68. The van der Waals surface area contributed by atoms with Gasteiger partial charge in [0.2, 0.25) is 0 Å². The van der Waals surface area contributed by atoms with Crippen molar-refractivity contribution in [2.45, 2.75) is 44.1 Å². The molecule has 1 N–H and O–H groups in total. The number of aryl methyl sites for hydroxylation is 1. The van der Waals surface area contributed by atoms with Gasteiger partial charge in [0.05, 0.1) is 0 Å². The standard InChI is InChI=1S/C16H20O4/c17-14-8-10-16(11-9-14,15(18)19)20-12-4-7-13-5-2-1-3-6-13/h1-3,5-6H,4,7-12H2,(H,18,19). The highest BCUT2D eigenvalue weighted by Crippen LogP contribution is 2.30. The van der Waals surface area contributed by atoms with Crippen LogP contribution in [0.3, 0.4) is 0 Å². The normalized spacial score (nSPS) is 17.9. The number of ketones is 1. The van der Waals surface area contributed by atoms with Crippen molar-refractivity contribution in [1.29, 1.82) is 0 Å². The summed E-state index contributed by atoms with van der Waals surface area (Å²) in [5, 5.41) is 9.36. The number of hydrogen-bond donors (Lipinski definition) is 1. The SMILES string of the molecule is O=C1CCC(OCCCc2ccccc2)(C(=O)O)CC1. The number of carbonyl (C=O) groups is 2. The Morgan fingerprint density at radius 2 is 1.85 bits per heavy atom. The van der Waals surface area contributed by atoms with Crippen LogP contribution >= 0.6 is 0 Å². The first-order chi connectivity index (χ1) is 9.62. The van der Waals surface area contributed by atoms with Crippen LogP contribution < -0.4 is 0 Å². The zero-order valence-electron chi connectivity index (χ0n) is 11.5. The molecule has 20 heavy (non-hydrogen) atoms. The summed E-state index contributed by atoms with van der Waals surface area (Å²) in [6.07, 6.45) is 2.87. The Morgan fingerprint density at radius 1 is 1.20 bits per heavy atom. The smallest absolute Gasteiger partial charge is 0.335 e. The van der Waals surface area contributed by atoms with E-state index in [2.05, 4.69) is 0 Å². The highest BCUT2D eigenvalue weighted by molar-refractivity contribution is 5.85. The molecule has 4 heteroatoms. The lowest BCUT2D eigenvalue weighted by Crippen LogP contribution is -2.45. The van der Waals surface area contributed by atoms with E-state index in [9.17, 15) is 14.7 Å². The van der Waals surface area contributed by atoms with E-state index in [1.807, 2.05) is 30.3 Å². The van der Waals surface area contributed by atoms with Gasteiger partial charge in [0.1, 0.15) is 5.78 Å². The zero-order chi connectivity index (χ0) is 14.4. The number of Topliss-reactive ketones (excluding diaryl/α,β-unsaturated/α-hetero) is 1. The summed E-state index contributed by atoms with van der Waals surface area (Å²) < 4.78 is 5.65. The van der Waals surface area contributed by atoms with E-state index in [1.54, 1.807) is 0 Å². The van der Waals surface area contributed by atoms with E-state index in [0.29, 0.717) is 32.3 Å². The Kier molecular flexibility index (Phi) is 4.90. The van der Waals surface area contributed by atoms with E-state index in [0.717, 1.165) is 12.8 Å². The Labute approximate surface area is 118 Å². The second kappa shape index (κ2) is 6.66. The van der Waals surface area contributed by atoms with Crippen molar-refractivity contribution >= 4 is 11.8 Å². The average molecular weight is 276 g/mol. The van der Waals surface area contributed by atoms with Crippen LogP contribution in [0, 0.1) is 0 Å². The van der Waals surface area contributed by atoms with Crippen molar-refractivity contribution < 1.29 is 19.4 Å². The number of ether oxygens (including phenoxy) is 1. The van der Waals surface area contributed by atoms with Gasteiger partial charge in [-0.3, -0.25) is 4.79 Å². The van der Waals surface area contributed by atoms with Gasteiger partial charge in [0.15, 0.2) is 5.60 Å². The molecule has 0 atom stereocenters. The lowest BCUT2D eigenvalue weighted by atomic mass is 9.84. The van der Waals surface area contributed by atoms with Crippen LogP contribution in [0.25, 0.3) is 0 Å². The number of hydrogen-bond acceptors (Lipinski definition) is 3. The van der Waals surface area contributed by atoms with Gasteiger partial charge in [0.25, 0.3) is 0 Å². The monoisotopic (exact) mass is 276 g/mol. The molecule has 0 heterocycles. The molecule has 1 aromatic rings. The quantitative estimate of drug-likeness (QED) is 0.811. The third-order valence-corrected chi connectivity index (χ3v) is 3.84. The first-order valence-corrected chi connectivity index (χ1v) is 7.05. The molecule has 1 aromatic carbocycles. The Morgan fingerprint density at radius 3 is 2.45 bits per heavy atom. The van der Waals surface area contributed by atoms with Crippen molar-refractivity contribution in [3.8, 4) is 0 Å². The number of carbonyl (C=O) groups excluding carboxylic acids is 1. The van der Waals surface area contributed by atoms with Gasteiger partial charge in [-0.15, -0.1) is 0 Å². The molecule has 4 nitrogen and oxygen atoms in total. The molecule has 0 unspecified atom stereocenters. The van der Waals surface area contributed by atoms with E-state index in [-0.39, 0.29) is 5.78 Å². The van der Waals surface area contributed by atoms with Crippen molar-refractivity contribution in [2.75, 3.05) is 6.61 Å². The lowest BCUT2D eigenvalue weighted by Gasteiger charge is -2.32. The van der Waals surface area contributed by atoms with Gasteiger partial charge in [-0.25, -0.2) is 4.79 Å². The zero-order valence-corrected chi connectivity index (χ0v) is 11.5. The number of carboxylic acid groups (broad SMARTS) is 1. The lowest BCUT2D eigenvalue weighted by molar-refractivity contribution is -0.171. The molecule has 2 rings (SSSR count). The maximum Gasteiger partial charge on any atom is 0.335 e. The molecule has 0 radical (unpaired) electrons. The fraction of sp³-hybridized carbons (Fsp3) is 0.500. The molecule has 1 aliphatic carbocycles. The fourth-order valence-electron chi connectivity index (χ4n) is 2.54. The van der Waals surface area contributed by atoms with Gasteiger partial charge in [-0.2, -0.15) is 0 Å². The first kappa shape index (κ1) is 14.7. The maximum atomic E-state index is 11.4. The van der Waals surface area contributed by atoms with Crippen LogP contribution in [0.1, 0.15) is 37.7 Å². The topological polar surface area (TPSA) is 63.6 Å². The molecule has 0 saturated heterocycles. The summed E-state index contributed by atoms with van der Waals surface area (Å²) in [7, 11) is 0.